The van der Waals surface area contributed by atoms with Crippen LogP contribution in [-0.4, -0.2) is 44.4 Å². The van der Waals surface area contributed by atoms with Gasteiger partial charge in [0, 0.05) is 13.1 Å². The van der Waals surface area contributed by atoms with Crippen LogP contribution in [0.2, 0.25) is 0 Å². The van der Waals surface area contributed by atoms with Crippen LogP contribution in [0.4, 0.5) is 5.95 Å². The monoisotopic (exact) mass is 363 g/mol. The van der Waals surface area contributed by atoms with Crippen LogP contribution in [0.5, 0.6) is 0 Å². The third kappa shape index (κ3) is 3.40. The molecule has 1 unspecified atom stereocenters. The Morgan fingerprint density at radius 3 is 2.48 bits per heavy atom. The molecule has 2 heterocycles. The molecule has 0 saturated carbocycles. The van der Waals surface area contributed by atoms with Gasteiger partial charge < -0.3 is 10.0 Å². The molecule has 27 heavy (non-hydrogen) atoms. The number of anilines is 1. The Morgan fingerprint density at radius 1 is 1.07 bits per heavy atom. The van der Waals surface area contributed by atoms with Crippen LogP contribution in [-0.2, 0) is 11.2 Å². The number of nitrogens with zero attached hydrogens (tertiary/aromatic N) is 5. The van der Waals surface area contributed by atoms with Gasteiger partial charge in [0.2, 0.25) is 5.95 Å². The molecule has 138 valence electrons. The van der Waals surface area contributed by atoms with Crippen molar-refractivity contribution in [3.05, 3.63) is 66.2 Å². The molecular formula is C20H21N5O2. The van der Waals surface area contributed by atoms with Gasteiger partial charge in [-0.15, -0.1) is 0 Å². The Balaban J connectivity index is 1.64. The molecule has 4 rings (SSSR count). The van der Waals surface area contributed by atoms with Crippen molar-refractivity contribution in [1.82, 2.24) is 20.2 Å². The van der Waals surface area contributed by atoms with Gasteiger partial charge in [0.15, 0.2) is 0 Å². The van der Waals surface area contributed by atoms with Crippen LogP contribution >= 0.6 is 0 Å². The molecule has 1 saturated heterocycles. The molecule has 7 nitrogen and oxygen atoms in total. The zero-order valence-electron chi connectivity index (χ0n) is 14.9. The molecule has 7 heteroatoms. The lowest BCUT2D eigenvalue weighted by Crippen LogP contribution is -2.50. The van der Waals surface area contributed by atoms with Gasteiger partial charge in [-0.05, 0) is 47.4 Å². The minimum Gasteiger partial charge on any atom is -0.481 e. The fourth-order valence-corrected chi connectivity index (χ4v) is 3.80. The summed E-state index contributed by atoms with van der Waals surface area (Å²) in [5, 5.41) is 22.2. The quantitative estimate of drug-likeness (QED) is 0.750. The summed E-state index contributed by atoms with van der Waals surface area (Å²) in [5.74, 6) is -0.186. The molecule has 0 amide bonds. The van der Waals surface area contributed by atoms with Crippen LogP contribution in [0, 0.1) is 5.41 Å². The maximum atomic E-state index is 12.3. The van der Waals surface area contributed by atoms with E-state index in [9.17, 15) is 9.90 Å². The summed E-state index contributed by atoms with van der Waals surface area (Å²) in [6.45, 7) is 1.11. The number of piperidine rings is 1. The van der Waals surface area contributed by atoms with Crippen molar-refractivity contribution in [3.63, 3.8) is 0 Å². The zero-order valence-corrected chi connectivity index (χ0v) is 14.9. The molecule has 1 aromatic heterocycles. The van der Waals surface area contributed by atoms with Crippen LogP contribution in [0.1, 0.15) is 18.4 Å². The Bertz CT molecular complexity index is 912. The first-order valence-electron chi connectivity index (χ1n) is 9.04. The lowest BCUT2D eigenvalue weighted by Gasteiger charge is -2.40. The van der Waals surface area contributed by atoms with E-state index >= 15 is 0 Å². The molecule has 1 fully saturated rings. The minimum atomic E-state index is -0.854. The lowest BCUT2D eigenvalue weighted by atomic mass is 9.75. The first-order valence-corrected chi connectivity index (χ1v) is 9.04. The summed E-state index contributed by atoms with van der Waals surface area (Å²) in [7, 11) is 0. The number of hydrogen-bond acceptors (Lipinski definition) is 5. The molecule has 1 aliphatic heterocycles. The largest absolute Gasteiger partial charge is 0.481 e. The zero-order chi connectivity index (χ0) is 18.7. The average molecular weight is 363 g/mol. The molecule has 1 aliphatic rings. The number of aromatic nitrogens is 4. The van der Waals surface area contributed by atoms with Crippen molar-refractivity contribution in [2.24, 2.45) is 5.41 Å². The van der Waals surface area contributed by atoms with Gasteiger partial charge in [-0.25, -0.2) is 0 Å². The third-order valence-corrected chi connectivity index (χ3v) is 5.15. The minimum absolute atomic E-state index is 0.379. The smallest absolute Gasteiger partial charge is 0.311 e. The molecule has 0 spiro atoms. The summed E-state index contributed by atoms with van der Waals surface area (Å²) < 4.78 is 1.67. The van der Waals surface area contributed by atoms with E-state index in [1.54, 1.807) is 4.68 Å². The molecule has 3 aromatic rings. The standard InChI is InChI=1S/C20H21N5O2/c26-18(27)20(14-16-8-3-1-4-9-16)12-7-13-24(15-20)19-21-22-23-25(19)17-10-5-2-6-11-17/h1-6,8-11H,7,12-15H2,(H,26,27). The van der Waals surface area contributed by atoms with Crippen molar-refractivity contribution in [1.29, 1.82) is 0 Å². The van der Waals surface area contributed by atoms with Crippen LogP contribution in [0.15, 0.2) is 60.7 Å². The van der Waals surface area contributed by atoms with Crippen molar-refractivity contribution in [2.75, 3.05) is 18.0 Å². The van der Waals surface area contributed by atoms with E-state index in [2.05, 4.69) is 15.5 Å². The van der Waals surface area contributed by atoms with E-state index in [0.29, 0.717) is 25.3 Å². The summed E-state index contributed by atoms with van der Waals surface area (Å²) in [6.07, 6.45) is 1.91. The predicted octanol–water partition coefficient (Wildman–Crippen LogP) is 2.58. The fraction of sp³-hybridized carbons (Fsp3) is 0.300. The Kier molecular flexibility index (Phi) is 4.58. The van der Waals surface area contributed by atoms with Gasteiger partial charge in [-0.1, -0.05) is 53.6 Å². The fourth-order valence-electron chi connectivity index (χ4n) is 3.80. The Hall–Kier alpha value is -3.22. The number of hydrogen-bond donors (Lipinski definition) is 1. The van der Waals surface area contributed by atoms with E-state index in [0.717, 1.165) is 24.2 Å². The number of benzene rings is 2. The lowest BCUT2D eigenvalue weighted by molar-refractivity contribution is -0.149. The van der Waals surface area contributed by atoms with Crippen molar-refractivity contribution < 1.29 is 9.90 Å². The SMILES string of the molecule is O=C(O)C1(Cc2ccccc2)CCCN(c2nnnn2-c2ccccc2)C1. The second kappa shape index (κ2) is 7.19. The number of carboxylic acids is 1. The second-order valence-electron chi connectivity index (χ2n) is 7.00. The number of rotatable bonds is 5. The third-order valence-electron chi connectivity index (χ3n) is 5.15. The first-order chi connectivity index (χ1) is 13.2. The van der Waals surface area contributed by atoms with Crippen molar-refractivity contribution in [3.8, 4) is 5.69 Å². The van der Waals surface area contributed by atoms with Crippen LogP contribution in [0.3, 0.4) is 0 Å². The van der Waals surface area contributed by atoms with E-state index in [1.807, 2.05) is 65.6 Å². The van der Waals surface area contributed by atoms with Crippen LogP contribution < -0.4 is 4.90 Å². The van der Waals surface area contributed by atoms with Gasteiger partial charge in [0.25, 0.3) is 0 Å². The maximum absolute atomic E-state index is 12.3. The first kappa shape index (κ1) is 17.2. The van der Waals surface area contributed by atoms with E-state index in [-0.39, 0.29) is 0 Å². The molecule has 0 bridgehead atoms. The van der Waals surface area contributed by atoms with Crippen molar-refractivity contribution >= 4 is 11.9 Å². The van der Waals surface area contributed by atoms with E-state index in [4.69, 9.17) is 0 Å². The molecule has 0 radical (unpaired) electrons. The van der Waals surface area contributed by atoms with Gasteiger partial charge >= 0.3 is 5.97 Å². The summed E-state index contributed by atoms with van der Waals surface area (Å²) in [5.41, 5.74) is 1.03. The van der Waals surface area contributed by atoms with E-state index in [1.165, 1.54) is 0 Å². The topological polar surface area (TPSA) is 84.1 Å². The van der Waals surface area contributed by atoms with Gasteiger partial charge in [-0.3, -0.25) is 4.79 Å². The highest BCUT2D eigenvalue weighted by atomic mass is 16.4. The molecule has 1 N–H and O–H groups in total. The van der Waals surface area contributed by atoms with Crippen molar-refractivity contribution in [2.45, 2.75) is 19.3 Å². The normalized spacial score (nSPS) is 19.8. The highest BCUT2D eigenvalue weighted by Gasteiger charge is 2.43. The molecule has 2 aromatic carbocycles. The average Bonchev–Trinajstić information content (AvgIpc) is 3.19. The summed E-state index contributed by atoms with van der Waals surface area (Å²) in [6, 6.07) is 19.4. The highest BCUT2D eigenvalue weighted by Crippen LogP contribution is 2.36. The number of para-hydroxylation sites is 1. The number of carbonyl (C=O) groups is 1. The van der Waals surface area contributed by atoms with Gasteiger partial charge in [0.05, 0.1) is 11.1 Å². The highest BCUT2D eigenvalue weighted by molar-refractivity contribution is 5.76. The predicted molar refractivity (Wildman–Crippen MR) is 101 cm³/mol. The maximum Gasteiger partial charge on any atom is 0.311 e. The summed E-state index contributed by atoms with van der Waals surface area (Å²) in [4.78, 5) is 14.3. The van der Waals surface area contributed by atoms with E-state index < -0.39 is 11.4 Å². The summed E-state index contributed by atoms with van der Waals surface area (Å²) >= 11 is 0. The molecule has 0 aliphatic carbocycles. The number of tetrazole rings is 1. The number of aliphatic carboxylic acids is 1. The Morgan fingerprint density at radius 2 is 1.78 bits per heavy atom. The second-order valence-corrected chi connectivity index (χ2v) is 7.00. The molecular weight excluding hydrogens is 342 g/mol. The van der Waals surface area contributed by atoms with Gasteiger partial charge in [-0.2, -0.15) is 4.68 Å². The molecule has 1 atom stereocenters. The number of carboxylic acid groups (broad SMARTS) is 1. The Labute approximate surface area is 157 Å². The van der Waals surface area contributed by atoms with Gasteiger partial charge in [0.1, 0.15) is 0 Å². The van der Waals surface area contributed by atoms with Crippen LogP contribution in [0.25, 0.3) is 5.69 Å².